The van der Waals surface area contributed by atoms with Gasteiger partial charge in [-0.15, -0.1) is 11.3 Å². The van der Waals surface area contributed by atoms with Crippen LogP contribution in [0.15, 0.2) is 41.8 Å². The fourth-order valence-electron chi connectivity index (χ4n) is 3.01. The summed E-state index contributed by atoms with van der Waals surface area (Å²) in [6.07, 6.45) is 0. The average molecular weight is 429 g/mol. The minimum absolute atomic E-state index is 0.292. The summed E-state index contributed by atoms with van der Waals surface area (Å²) < 4.78 is 12.6. The standard InChI is InChI=1S/C20H17ClN4O3S/c1-25-15-8-7-11(21)9-13(15)23-20(25)24-18(26)14-10-29-19(22-14)12-5-4-6-16(27-2)17(12)28-3/h4-10H,1-3H3,(H,23,24,26). The Balaban J connectivity index is 1.62. The lowest BCUT2D eigenvalue weighted by atomic mass is 10.2. The molecule has 0 spiro atoms. The Labute approximate surface area is 175 Å². The Hall–Kier alpha value is -3.10. The first-order valence-corrected chi connectivity index (χ1v) is 9.87. The van der Waals surface area contributed by atoms with E-state index in [1.54, 1.807) is 36.3 Å². The average Bonchev–Trinajstić information content (AvgIpc) is 3.32. The normalized spacial score (nSPS) is 10.9. The second-order valence-electron chi connectivity index (χ2n) is 6.16. The first-order chi connectivity index (χ1) is 14.0. The van der Waals surface area contributed by atoms with Gasteiger partial charge in [-0.25, -0.2) is 9.97 Å². The van der Waals surface area contributed by atoms with Gasteiger partial charge >= 0.3 is 0 Å². The number of carbonyl (C=O) groups excluding carboxylic acids is 1. The van der Waals surface area contributed by atoms with Gasteiger partial charge in [-0.05, 0) is 30.3 Å². The van der Waals surface area contributed by atoms with Crippen LogP contribution in [0.3, 0.4) is 0 Å². The van der Waals surface area contributed by atoms with E-state index in [1.807, 2.05) is 31.3 Å². The van der Waals surface area contributed by atoms with Crippen molar-refractivity contribution in [3.8, 4) is 22.1 Å². The molecule has 0 unspecified atom stereocenters. The predicted molar refractivity (Wildman–Crippen MR) is 114 cm³/mol. The molecule has 1 amide bonds. The molecule has 0 aliphatic rings. The van der Waals surface area contributed by atoms with E-state index >= 15 is 0 Å². The third-order valence-electron chi connectivity index (χ3n) is 4.44. The Kier molecular flexibility index (Phi) is 5.12. The highest BCUT2D eigenvalue weighted by molar-refractivity contribution is 7.13. The zero-order valence-electron chi connectivity index (χ0n) is 15.9. The fraction of sp³-hybridized carbons (Fsp3) is 0.150. The Morgan fingerprint density at radius 3 is 2.76 bits per heavy atom. The monoisotopic (exact) mass is 428 g/mol. The number of fused-ring (bicyclic) bond motifs is 1. The lowest BCUT2D eigenvalue weighted by molar-refractivity contribution is 0.102. The summed E-state index contributed by atoms with van der Waals surface area (Å²) in [5.41, 5.74) is 2.62. The maximum absolute atomic E-state index is 12.7. The molecular weight excluding hydrogens is 412 g/mol. The number of ether oxygens (including phenoxy) is 2. The van der Waals surface area contributed by atoms with E-state index in [4.69, 9.17) is 21.1 Å². The number of hydrogen-bond acceptors (Lipinski definition) is 6. The minimum atomic E-state index is -0.348. The number of halogens is 1. The van der Waals surface area contributed by atoms with Crippen molar-refractivity contribution < 1.29 is 14.3 Å². The predicted octanol–water partition coefficient (Wildman–Crippen LogP) is 4.62. The van der Waals surface area contributed by atoms with E-state index in [-0.39, 0.29) is 5.91 Å². The molecule has 0 saturated carbocycles. The number of hydrogen-bond donors (Lipinski definition) is 1. The highest BCUT2D eigenvalue weighted by atomic mass is 35.5. The van der Waals surface area contributed by atoms with Gasteiger partial charge in [-0.1, -0.05) is 17.7 Å². The highest BCUT2D eigenvalue weighted by Crippen LogP contribution is 2.39. The molecule has 0 atom stereocenters. The van der Waals surface area contributed by atoms with Gasteiger partial charge in [-0.3, -0.25) is 10.1 Å². The molecule has 0 fully saturated rings. The number of thiazole rings is 1. The number of aromatic nitrogens is 3. The number of aryl methyl sites for hydroxylation is 1. The zero-order chi connectivity index (χ0) is 20.5. The molecule has 4 aromatic rings. The third-order valence-corrected chi connectivity index (χ3v) is 5.55. The second kappa shape index (κ2) is 7.73. The third kappa shape index (κ3) is 3.52. The molecule has 9 heteroatoms. The van der Waals surface area contributed by atoms with Crippen LogP contribution in [0.2, 0.25) is 5.02 Å². The summed E-state index contributed by atoms with van der Waals surface area (Å²) in [6.45, 7) is 0. The van der Waals surface area contributed by atoms with E-state index in [0.717, 1.165) is 11.1 Å². The largest absolute Gasteiger partial charge is 0.493 e. The summed E-state index contributed by atoms with van der Waals surface area (Å²) in [4.78, 5) is 21.6. The molecule has 0 bridgehead atoms. The van der Waals surface area contributed by atoms with Crippen LogP contribution < -0.4 is 14.8 Å². The van der Waals surface area contributed by atoms with Gasteiger partial charge in [0.25, 0.3) is 5.91 Å². The molecule has 148 valence electrons. The number of amides is 1. The Bertz CT molecular complexity index is 1220. The summed E-state index contributed by atoms with van der Waals surface area (Å²) in [7, 11) is 4.97. The SMILES string of the molecule is COc1cccc(-c2nc(C(=O)Nc3nc4cc(Cl)ccc4n3C)cs2)c1OC. The van der Waals surface area contributed by atoms with Crippen molar-refractivity contribution in [2.45, 2.75) is 0 Å². The summed E-state index contributed by atoms with van der Waals surface area (Å²) in [5, 5.41) is 5.75. The Morgan fingerprint density at radius 2 is 2.00 bits per heavy atom. The first kappa shape index (κ1) is 19.2. The molecule has 1 N–H and O–H groups in total. The van der Waals surface area contributed by atoms with E-state index in [0.29, 0.717) is 38.7 Å². The van der Waals surface area contributed by atoms with Gasteiger partial charge < -0.3 is 14.0 Å². The number of rotatable bonds is 5. The van der Waals surface area contributed by atoms with E-state index in [9.17, 15) is 4.79 Å². The number of nitrogens with one attached hydrogen (secondary N) is 1. The molecule has 0 aliphatic heterocycles. The van der Waals surface area contributed by atoms with Crippen molar-refractivity contribution in [1.29, 1.82) is 0 Å². The van der Waals surface area contributed by atoms with E-state index < -0.39 is 0 Å². The van der Waals surface area contributed by atoms with Crippen molar-refractivity contribution in [3.63, 3.8) is 0 Å². The zero-order valence-corrected chi connectivity index (χ0v) is 17.5. The van der Waals surface area contributed by atoms with Crippen LogP contribution in [0.4, 0.5) is 5.95 Å². The molecule has 0 saturated heterocycles. The molecule has 2 aromatic heterocycles. The van der Waals surface area contributed by atoms with Gasteiger partial charge in [-0.2, -0.15) is 0 Å². The highest BCUT2D eigenvalue weighted by Gasteiger charge is 2.19. The molecule has 0 radical (unpaired) electrons. The quantitative estimate of drug-likeness (QED) is 0.501. The van der Waals surface area contributed by atoms with Gasteiger partial charge in [0.1, 0.15) is 10.7 Å². The lowest BCUT2D eigenvalue weighted by Gasteiger charge is -2.10. The number of para-hydroxylation sites is 1. The van der Waals surface area contributed by atoms with Crippen LogP contribution in [0, 0.1) is 0 Å². The van der Waals surface area contributed by atoms with Gasteiger partial charge in [0.2, 0.25) is 5.95 Å². The van der Waals surface area contributed by atoms with Crippen LogP contribution in [0.5, 0.6) is 11.5 Å². The Morgan fingerprint density at radius 1 is 1.17 bits per heavy atom. The molecule has 4 rings (SSSR count). The molecule has 2 heterocycles. The van der Waals surface area contributed by atoms with Gasteiger partial charge in [0.15, 0.2) is 11.5 Å². The van der Waals surface area contributed by atoms with E-state index in [2.05, 4.69) is 15.3 Å². The van der Waals surface area contributed by atoms with Crippen molar-refractivity contribution in [2.75, 3.05) is 19.5 Å². The molecule has 7 nitrogen and oxygen atoms in total. The number of nitrogens with zero attached hydrogens (tertiary/aromatic N) is 3. The summed E-state index contributed by atoms with van der Waals surface area (Å²) >= 11 is 7.37. The maximum Gasteiger partial charge on any atom is 0.277 e. The van der Waals surface area contributed by atoms with Gasteiger partial charge in [0.05, 0.1) is 30.8 Å². The van der Waals surface area contributed by atoms with Crippen molar-refractivity contribution >= 4 is 45.8 Å². The smallest absolute Gasteiger partial charge is 0.277 e. The first-order valence-electron chi connectivity index (χ1n) is 8.62. The number of imidazole rings is 1. The summed E-state index contributed by atoms with van der Waals surface area (Å²) in [6, 6.07) is 10.9. The molecule has 2 aromatic carbocycles. The number of benzene rings is 2. The molecular formula is C20H17ClN4O3S. The molecule has 0 aliphatic carbocycles. The van der Waals surface area contributed by atoms with Crippen LogP contribution in [0.1, 0.15) is 10.5 Å². The number of carbonyl (C=O) groups is 1. The summed E-state index contributed by atoms with van der Waals surface area (Å²) in [5.74, 6) is 1.24. The number of methoxy groups -OCH3 is 2. The molecule has 29 heavy (non-hydrogen) atoms. The fourth-order valence-corrected chi connectivity index (χ4v) is 4.00. The van der Waals surface area contributed by atoms with Gasteiger partial charge in [0, 0.05) is 17.5 Å². The maximum atomic E-state index is 12.7. The van der Waals surface area contributed by atoms with Crippen LogP contribution in [-0.2, 0) is 7.05 Å². The van der Waals surface area contributed by atoms with Crippen LogP contribution >= 0.6 is 22.9 Å². The lowest BCUT2D eigenvalue weighted by Crippen LogP contribution is -2.15. The van der Waals surface area contributed by atoms with Crippen molar-refractivity contribution in [2.24, 2.45) is 7.05 Å². The second-order valence-corrected chi connectivity index (χ2v) is 7.46. The van der Waals surface area contributed by atoms with Crippen molar-refractivity contribution in [3.05, 3.63) is 52.5 Å². The van der Waals surface area contributed by atoms with Crippen LogP contribution in [-0.4, -0.2) is 34.7 Å². The topological polar surface area (TPSA) is 78.3 Å². The van der Waals surface area contributed by atoms with E-state index in [1.165, 1.54) is 11.3 Å². The minimum Gasteiger partial charge on any atom is -0.493 e. The number of anilines is 1. The van der Waals surface area contributed by atoms with Crippen LogP contribution in [0.25, 0.3) is 21.6 Å². The van der Waals surface area contributed by atoms with Crippen molar-refractivity contribution in [1.82, 2.24) is 14.5 Å².